The number of anilines is 1. The number of benzene rings is 1. The number of para-hydroxylation sites is 1. The van der Waals surface area contributed by atoms with Crippen LogP contribution in [0.25, 0.3) is 0 Å². The molecule has 8 nitrogen and oxygen atoms in total. The fourth-order valence-corrected chi connectivity index (χ4v) is 2.38. The highest BCUT2D eigenvalue weighted by Crippen LogP contribution is 2.25. The molecule has 1 amide bonds. The molecule has 1 unspecified atom stereocenters. The van der Waals surface area contributed by atoms with E-state index in [1.54, 1.807) is 19.1 Å². The van der Waals surface area contributed by atoms with Crippen LogP contribution >= 0.6 is 0 Å². The van der Waals surface area contributed by atoms with Crippen molar-refractivity contribution in [1.29, 1.82) is 0 Å². The topological polar surface area (TPSA) is 97.3 Å². The molecule has 1 N–H and O–H groups in total. The molecular formula is C17H21N3O5. The fourth-order valence-electron chi connectivity index (χ4n) is 2.38. The van der Waals surface area contributed by atoms with Crippen LogP contribution in [0, 0.1) is 0 Å². The Hall–Kier alpha value is -2.90. The summed E-state index contributed by atoms with van der Waals surface area (Å²) in [6.45, 7) is 2.10. The number of hydrogen-bond acceptors (Lipinski definition) is 7. The lowest BCUT2D eigenvalue weighted by Gasteiger charge is -2.22. The van der Waals surface area contributed by atoms with Crippen LogP contribution < -0.4 is 10.3 Å². The number of ether oxygens (including phenoxy) is 2. The van der Waals surface area contributed by atoms with Crippen LogP contribution in [0.5, 0.6) is 0 Å². The number of methoxy groups -OCH3 is 1. The zero-order chi connectivity index (χ0) is 18.2. The van der Waals surface area contributed by atoms with Crippen molar-refractivity contribution in [2.45, 2.75) is 25.8 Å². The summed E-state index contributed by atoms with van der Waals surface area (Å²) in [7, 11) is 1.29. The van der Waals surface area contributed by atoms with Gasteiger partial charge < -0.3 is 14.8 Å². The summed E-state index contributed by atoms with van der Waals surface area (Å²) in [5, 5.41) is 8.44. The van der Waals surface area contributed by atoms with Gasteiger partial charge in [0.15, 0.2) is 0 Å². The second-order valence-corrected chi connectivity index (χ2v) is 5.28. The molecule has 1 aliphatic rings. The van der Waals surface area contributed by atoms with Crippen LogP contribution in [0.4, 0.5) is 5.69 Å². The zero-order valence-electron chi connectivity index (χ0n) is 14.2. The minimum atomic E-state index is -0.681. The van der Waals surface area contributed by atoms with Gasteiger partial charge in [0.05, 0.1) is 25.8 Å². The van der Waals surface area contributed by atoms with Crippen molar-refractivity contribution in [2.75, 3.05) is 25.3 Å². The summed E-state index contributed by atoms with van der Waals surface area (Å²) >= 11 is 0. The van der Waals surface area contributed by atoms with Crippen molar-refractivity contribution < 1.29 is 23.9 Å². The van der Waals surface area contributed by atoms with Crippen LogP contribution in [-0.2, 0) is 23.9 Å². The Morgan fingerprint density at radius 2 is 2.00 bits per heavy atom. The maximum Gasteiger partial charge on any atom is 0.354 e. The van der Waals surface area contributed by atoms with E-state index in [9.17, 15) is 14.4 Å². The first kappa shape index (κ1) is 18.4. The maximum atomic E-state index is 12.5. The fraction of sp³-hybridized carbons (Fsp3) is 0.412. The number of carbonyl (C=O) groups excluding carboxylic acids is 3. The van der Waals surface area contributed by atoms with E-state index in [0.717, 1.165) is 0 Å². The van der Waals surface area contributed by atoms with Crippen molar-refractivity contribution in [1.82, 2.24) is 5.32 Å². The van der Waals surface area contributed by atoms with Gasteiger partial charge in [0.1, 0.15) is 11.8 Å². The standard InChI is InChI=1S/C17H21N3O5/c1-3-25-17(23)13-11-14(16(22)18-10-9-15(21)24-2)20(19-13)12-7-5-4-6-8-12/h4-8,14H,3,9-11H2,1-2H3,(H,18,22). The highest BCUT2D eigenvalue weighted by atomic mass is 16.5. The molecule has 0 aromatic heterocycles. The normalized spacial score (nSPS) is 16.2. The second-order valence-electron chi connectivity index (χ2n) is 5.28. The Morgan fingerprint density at radius 1 is 1.28 bits per heavy atom. The molecule has 25 heavy (non-hydrogen) atoms. The highest BCUT2D eigenvalue weighted by Gasteiger charge is 2.36. The zero-order valence-corrected chi connectivity index (χ0v) is 14.2. The second kappa shape index (κ2) is 8.81. The minimum Gasteiger partial charge on any atom is -0.469 e. The number of hydrogen-bond donors (Lipinski definition) is 1. The number of rotatable bonds is 7. The predicted octanol–water partition coefficient (Wildman–Crippen LogP) is 0.864. The van der Waals surface area contributed by atoms with E-state index in [-0.39, 0.29) is 37.6 Å². The summed E-state index contributed by atoms with van der Waals surface area (Å²) in [5.74, 6) is -1.26. The van der Waals surface area contributed by atoms with Crippen molar-refractivity contribution in [3.8, 4) is 0 Å². The van der Waals surface area contributed by atoms with Gasteiger partial charge in [-0.15, -0.1) is 0 Å². The lowest BCUT2D eigenvalue weighted by atomic mass is 10.1. The Bertz CT molecular complexity index is 660. The number of esters is 2. The monoisotopic (exact) mass is 347 g/mol. The first-order valence-corrected chi connectivity index (χ1v) is 8.00. The lowest BCUT2D eigenvalue weighted by molar-refractivity contribution is -0.140. The molecule has 0 fully saturated rings. The van der Waals surface area contributed by atoms with E-state index in [4.69, 9.17) is 4.74 Å². The summed E-state index contributed by atoms with van der Waals surface area (Å²) < 4.78 is 9.51. The molecule has 0 saturated carbocycles. The van der Waals surface area contributed by atoms with E-state index in [0.29, 0.717) is 5.69 Å². The van der Waals surface area contributed by atoms with Crippen LogP contribution in [0.3, 0.4) is 0 Å². The smallest absolute Gasteiger partial charge is 0.354 e. The number of nitrogens with one attached hydrogen (secondary N) is 1. The Labute approximate surface area is 145 Å². The molecule has 134 valence electrons. The van der Waals surface area contributed by atoms with Crippen LogP contribution in [0.2, 0.25) is 0 Å². The van der Waals surface area contributed by atoms with Crippen molar-refractivity contribution >= 4 is 29.2 Å². The first-order valence-electron chi connectivity index (χ1n) is 8.00. The van der Waals surface area contributed by atoms with Gasteiger partial charge in [-0.05, 0) is 19.1 Å². The molecule has 1 aromatic carbocycles. The summed E-state index contributed by atoms with van der Waals surface area (Å²) in [6, 6.07) is 8.40. The van der Waals surface area contributed by atoms with Gasteiger partial charge in [0.2, 0.25) is 5.91 Å². The van der Waals surface area contributed by atoms with Crippen molar-refractivity contribution in [2.24, 2.45) is 5.10 Å². The van der Waals surface area contributed by atoms with E-state index in [2.05, 4.69) is 15.2 Å². The lowest BCUT2D eigenvalue weighted by Crippen LogP contribution is -2.43. The molecule has 0 spiro atoms. The van der Waals surface area contributed by atoms with Gasteiger partial charge in [-0.1, -0.05) is 18.2 Å². The van der Waals surface area contributed by atoms with Gasteiger partial charge in [-0.3, -0.25) is 14.6 Å². The van der Waals surface area contributed by atoms with E-state index in [1.807, 2.05) is 18.2 Å². The average molecular weight is 347 g/mol. The van der Waals surface area contributed by atoms with Crippen LogP contribution in [-0.4, -0.2) is 49.9 Å². The maximum absolute atomic E-state index is 12.5. The molecule has 1 aromatic rings. The molecule has 1 atom stereocenters. The molecule has 0 saturated heterocycles. The first-order chi connectivity index (χ1) is 12.1. The quantitative estimate of drug-likeness (QED) is 0.735. The van der Waals surface area contributed by atoms with Crippen LogP contribution in [0.1, 0.15) is 19.8 Å². The summed E-state index contributed by atoms with van der Waals surface area (Å²) in [4.78, 5) is 35.6. The molecule has 0 aliphatic carbocycles. The molecule has 0 radical (unpaired) electrons. The molecule has 2 rings (SSSR count). The third kappa shape index (κ3) is 4.79. The Kier molecular flexibility index (Phi) is 6.50. The number of carbonyl (C=O) groups is 3. The molecule has 8 heteroatoms. The van der Waals surface area contributed by atoms with E-state index in [1.165, 1.54) is 12.1 Å². The van der Waals surface area contributed by atoms with Gasteiger partial charge in [0, 0.05) is 13.0 Å². The van der Waals surface area contributed by atoms with Gasteiger partial charge >= 0.3 is 11.9 Å². The summed E-state index contributed by atoms with van der Waals surface area (Å²) in [5.41, 5.74) is 0.883. The van der Waals surface area contributed by atoms with Gasteiger partial charge in [0.25, 0.3) is 0 Å². The van der Waals surface area contributed by atoms with Gasteiger partial charge in [-0.2, -0.15) is 5.10 Å². The highest BCUT2D eigenvalue weighted by molar-refractivity contribution is 6.38. The predicted molar refractivity (Wildman–Crippen MR) is 91.0 cm³/mol. The third-order valence-corrected chi connectivity index (χ3v) is 3.60. The van der Waals surface area contributed by atoms with Gasteiger partial charge in [-0.25, -0.2) is 4.79 Å². The molecule has 1 aliphatic heterocycles. The summed E-state index contributed by atoms with van der Waals surface area (Å²) in [6.07, 6.45) is 0.212. The number of nitrogens with zero attached hydrogens (tertiary/aromatic N) is 2. The number of hydrazone groups is 1. The minimum absolute atomic E-state index is 0.0753. The largest absolute Gasteiger partial charge is 0.469 e. The molecular weight excluding hydrogens is 326 g/mol. The third-order valence-electron chi connectivity index (χ3n) is 3.60. The Balaban J connectivity index is 2.11. The SMILES string of the molecule is CCOC(=O)C1=NN(c2ccccc2)C(C(=O)NCCC(=O)OC)C1. The Morgan fingerprint density at radius 3 is 2.64 bits per heavy atom. The molecule has 1 heterocycles. The molecule has 0 bridgehead atoms. The van der Waals surface area contributed by atoms with Crippen LogP contribution in [0.15, 0.2) is 35.4 Å². The number of amides is 1. The average Bonchev–Trinajstić information content (AvgIpc) is 3.08. The van der Waals surface area contributed by atoms with E-state index >= 15 is 0 Å². The van der Waals surface area contributed by atoms with Crippen molar-refractivity contribution in [3.05, 3.63) is 30.3 Å². The van der Waals surface area contributed by atoms with E-state index < -0.39 is 18.0 Å². The van der Waals surface area contributed by atoms with Crippen molar-refractivity contribution in [3.63, 3.8) is 0 Å².